The first-order valence-corrected chi connectivity index (χ1v) is 10.6. The highest BCUT2D eigenvalue weighted by Crippen LogP contribution is 2.34. The van der Waals surface area contributed by atoms with Gasteiger partial charge in [0, 0.05) is 49.9 Å². The fraction of sp³-hybridized carbons (Fsp3) is 0.250. The molecular weight excluding hydrogens is 439 g/mol. The molecule has 34 heavy (non-hydrogen) atoms. The molecule has 0 saturated carbocycles. The van der Waals surface area contributed by atoms with Crippen LogP contribution >= 0.6 is 0 Å². The molecule has 0 radical (unpaired) electrons. The molecule has 174 valence electrons. The summed E-state index contributed by atoms with van der Waals surface area (Å²) < 4.78 is 25.2. The first-order chi connectivity index (χ1) is 16.4. The highest BCUT2D eigenvalue weighted by Gasteiger charge is 2.21. The average Bonchev–Trinajstić information content (AvgIpc) is 3.33. The highest BCUT2D eigenvalue weighted by molar-refractivity contribution is 6.03. The van der Waals surface area contributed by atoms with Crippen LogP contribution < -0.4 is 15.4 Å². The Morgan fingerprint density at radius 3 is 2.91 bits per heavy atom. The number of amides is 1. The maximum Gasteiger partial charge on any atom is 0.249 e. The fourth-order valence-corrected chi connectivity index (χ4v) is 3.38. The van der Waals surface area contributed by atoms with Crippen LogP contribution in [0.2, 0.25) is 0 Å². The lowest BCUT2D eigenvalue weighted by Gasteiger charge is -2.18. The molecule has 1 atom stereocenters. The molecule has 2 heterocycles. The Kier molecular flexibility index (Phi) is 6.85. The van der Waals surface area contributed by atoms with Crippen LogP contribution in [0.5, 0.6) is 5.75 Å². The van der Waals surface area contributed by atoms with Crippen molar-refractivity contribution in [2.45, 2.75) is 12.5 Å². The van der Waals surface area contributed by atoms with Gasteiger partial charge in [-0.1, -0.05) is 0 Å². The lowest BCUT2D eigenvalue weighted by Crippen LogP contribution is -2.18. The first kappa shape index (κ1) is 22.9. The molecule has 1 amide bonds. The Labute approximate surface area is 195 Å². The topological polar surface area (TPSA) is 112 Å². The number of carbonyl (C=O) groups excluding carboxylic acids is 1. The van der Waals surface area contributed by atoms with Gasteiger partial charge in [-0.15, -0.1) is 0 Å². The molecule has 2 N–H and O–H groups in total. The van der Waals surface area contributed by atoms with Gasteiger partial charge in [0.05, 0.1) is 30.0 Å². The lowest BCUT2D eigenvalue weighted by atomic mass is 10.1. The van der Waals surface area contributed by atoms with E-state index in [0.717, 1.165) is 6.42 Å². The van der Waals surface area contributed by atoms with Gasteiger partial charge in [0.25, 0.3) is 0 Å². The fourth-order valence-electron chi connectivity index (χ4n) is 3.38. The molecule has 0 unspecified atom stereocenters. The molecule has 1 saturated heterocycles. The number of nitriles is 1. The van der Waals surface area contributed by atoms with Crippen molar-refractivity contribution in [2.75, 3.05) is 37.9 Å². The number of rotatable bonds is 7. The molecule has 4 rings (SSSR count). The zero-order valence-electron chi connectivity index (χ0n) is 18.7. The van der Waals surface area contributed by atoms with Crippen molar-refractivity contribution in [1.29, 1.82) is 5.26 Å². The number of nitrogens with one attached hydrogen (secondary N) is 2. The summed E-state index contributed by atoms with van der Waals surface area (Å²) in [6.45, 7) is 1.08. The van der Waals surface area contributed by atoms with Gasteiger partial charge in [-0.2, -0.15) is 5.26 Å². The Morgan fingerprint density at radius 2 is 2.18 bits per heavy atom. The van der Waals surface area contributed by atoms with Gasteiger partial charge in [0.15, 0.2) is 0 Å². The SMILES string of the molecule is CN(C)/C=C/C(=O)Nc1cc2c(Nc3ccc(F)c(C#N)c3)ncnc2cc1O[C@H]1CCOC1. The van der Waals surface area contributed by atoms with E-state index in [1.165, 1.54) is 30.6 Å². The Hall–Kier alpha value is -4.23. The second-order valence-electron chi connectivity index (χ2n) is 7.89. The first-order valence-electron chi connectivity index (χ1n) is 10.6. The zero-order chi connectivity index (χ0) is 24.1. The molecule has 1 aliphatic heterocycles. The van der Waals surface area contributed by atoms with Crippen LogP contribution in [0.1, 0.15) is 12.0 Å². The van der Waals surface area contributed by atoms with E-state index >= 15 is 0 Å². The number of halogens is 1. The van der Waals surface area contributed by atoms with Crippen LogP contribution in [0.25, 0.3) is 10.9 Å². The maximum absolute atomic E-state index is 13.7. The Bertz CT molecular complexity index is 1280. The Morgan fingerprint density at radius 1 is 1.32 bits per heavy atom. The van der Waals surface area contributed by atoms with Gasteiger partial charge in [0.1, 0.15) is 35.9 Å². The molecule has 2 aromatic carbocycles. The largest absolute Gasteiger partial charge is 0.486 e. The summed E-state index contributed by atoms with van der Waals surface area (Å²) in [5.41, 5.74) is 1.43. The predicted octanol–water partition coefficient (Wildman–Crippen LogP) is 3.57. The molecule has 9 nitrogen and oxygen atoms in total. The van der Waals surface area contributed by atoms with Crippen LogP contribution in [0.4, 0.5) is 21.6 Å². The predicted molar refractivity (Wildman–Crippen MR) is 125 cm³/mol. The quantitative estimate of drug-likeness (QED) is 0.513. The summed E-state index contributed by atoms with van der Waals surface area (Å²) in [6, 6.07) is 9.39. The molecule has 10 heteroatoms. The molecule has 1 aromatic heterocycles. The third-order valence-corrected chi connectivity index (χ3v) is 5.05. The number of hydrogen-bond donors (Lipinski definition) is 2. The van der Waals surface area contributed by atoms with Crippen molar-refractivity contribution in [3.63, 3.8) is 0 Å². The number of ether oxygens (including phenoxy) is 2. The minimum atomic E-state index is -0.603. The van der Waals surface area contributed by atoms with E-state index in [2.05, 4.69) is 20.6 Å². The summed E-state index contributed by atoms with van der Waals surface area (Å²) in [7, 11) is 3.63. The van der Waals surface area contributed by atoms with E-state index in [0.29, 0.717) is 47.1 Å². The minimum absolute atomic E-state index is 0.0848. The van der Waals surface area contributed by atoms with Crippen molar-refractivity contribution in [1.82, 2.24) is 14.9 Å². The normalized spacial score (nSPS) is 15.3. The summed E-state index contributed by atoms with van der Waals surface area (Å²) >= 11 is 0. The minimum Gasteiger partial charge on any atom is -0.486 e. The van der Waals surface area contributed by atoms with E-state index in [1.54, 1.807) is 23.2 Å². The van der Waals surface area contributed by atoms with Crippen molar-refractivity contribution in [3.8, 4) is 11.8 Å². The van der Waals surface area contributed by atoms with Gasteiger partial charge in [-0.05, 0) is 24.3 Å². The number of benzene rings is 2. The zero-order valence-corrected chi connectivity index (χ0v) is 18.7. The molecule has 1 aliphatic rings. The maximum atomic E-state index is 13.7. The number of aromatic nitrogens is 2. The third kappa shape index (κ3) is 5.39. The van der Waals surface area contributed by atoms with Crippen molar-refractivity contribution >= 4 is 34.0 Å². The monoisotopic (exact) mass is 462 g/mol. The standard InChI is InChI=1S/C24H23FN6O3/c1-31(2)7-5-23(32)30-21-10-18-20(11-22(21)34-17-6-8-33-13-17)27-14-28-24(18)29-16-3-4-19(25)15(9-16)12-26/h3-5,7,9-11,14,17H,6,8,13H2,1-2H3,(H,30,32)(H,27,28,29)/b7-5+/t17-/m0/s1. The smallest absolute Gasteiger partial charge is 0.249 e. The molecule has 0 bridgehead atoms. The van der Waals surface area contributed by atoms with Gasteiger partial charge >= 0.3 is 0 Å². The van der Waals surface area contributed by atoms with Crippen LogP contribution in [-0.2, 0) is 9.53 Å². The van der Waals surface area contributed by atoms with Crippen LogP contribution in [-0.4, -0.2) is 54.2 Å². The number of fused-ring (bicyclic) bond motifs is 1. The van der Waals surface area contributed by atoms with Gasteiger partial charge in [0.2, 0.25) is 5.91 Å². The lowest BCUT2D eigenvalue weighted by molar-refractivity contribution is -0.112. The van der Waals surface area contributed by atoms with Crippen LogP contribution in [0.3, 0.4) is 0 Å². The van der Waals surface area contributed by atoms with Crippen molar-refractivity contribution in [2.24, 2.45) is 0 Å². The van der Waals surface area contributed by atoms with E-state index < -0.39 is 5.82 Å². The third-order valence-electron chi connectivity index (χ3n) is 5.05. The van der Waals surface area contributed by atoms with Gasteiger partial charge < -0.3 is 25.0 Å². The van der Waals surface area contributed by atoms with Crippen molar-refractivity contribution < 1.29 is 18.7 Å². The molecular formula is C24H23FN6O3. The van der Waals surface area contributed by atoms with Crippen LogP contribution in [0.15, 0.2) is 48.9 Å². The summed E-state index contributed by atoms with van der Waals surface area (Å²) in [5.74, 6) is -0.0402. The van der Waals surface area contributed by atoms with E-state index in [1.807, 2.05) is 20.2 Å². The highest BCUT2D eigenvalue weighted by atomic mass is 19.1. The van der Waals surface area contributed by atoms with E-state index in [9.17, 15) is 9.18 Å². The number of hydrogen-bond acceptors (Lipinski definition) is 8. The van der Waals surface area contributed by atoms with E-state index in [4.69, 9.17) is 14.7 Å². The van der Waals surface area contributed by atoms with Crippen molar-refractivity contribution in [3.05, 3.63) is 60.3 Å². The molecule has 3 aromatic rings. The van der Waals surface area contributed by atoms with Gasteiger partial charge in [-0.25, -0.2) is 14.4 Å². The number of anilines is 3. The summed E-state index contributed by atoms with van der Waals surface area (Å²) in [4.78, 5) is 22.9. The summed E-state index contributed by atoms with van der Waals surface area (Å²) in [5, 5.41) is 15.7. The molecule has 1 fully saturated rings. The Balaban J connectivity index is 1.72. The van der Waals surface area contributed by atoms with E-state index in [-0.39, 0.29) is 17.6 Å². The van der Waals surface area contributed by atoms with Gasteiger partial charge in [-0.3, -0.25) is 4.79 Å². The second kappa shape index (κ2) is 10.1. The second-order valence-corrected chi connectivity index (χ2v) is 7.89. The molecule has 0 spiro atoms. The number of carbonyl (C=O) groups is 1. The summed E-state index contributed by atoms with van der Waals surface area (Å²) in [6.07, 6.45) is 5.05. The number of nitrogens with zero attached hydrogens (tertiary/aromatic N) is 4. The average molecular weight is 462 g/mol. The molecule has 0 aliphatic carbocycles. The van der Waals surface area contributed by atoms with Crippen LogP contribution in [0, 0.1) is 17.1 Å².